The molecule has 7 nitrogen and oxygen atoms in total. The zero-order valence-electron chi connectivity index (χ0n) is 23.5. The van der Waals surface area contributed by atoms with Crippen molar-refractivity contribution in [1.82, 2.24) is 19.7 Å². The lowest BCUT2D eigenvalue weighted by Crippen LogP contribution is -2.65. The number of carbonyl (C=O) groups is 2. The van der Waals surface area contributed by atoms with Crippen LogP contribution in [0.2, 0.25) is 0 Å². The van der Waals surface area contributed by atoms with Crippen molar-refractivity contribution >= 4 is 22.7 Å². The van der Waals surface area contributed by atoms with Gasteiger partial charge in [-0.2, -0.15) is 0 Å². The van der Waals surface area contributed by atoms with Gasteiger partial charge in [-0.05, 0) is 43.0 Å². The van der Waals surface area contributed by atoms with Crippen LogP contribution in [0.15, 0.2) is 78.9 Å². The number of likely N-dealkylation sites (tertiary alicyclic amines) is 1. The summed E-state index contributed by atoms with van der Waals surface area (Å²) in [7, 11) is 0. The van der Waals surface area contributed by atoms with Crippen LogP contribution in [0, 0.1) is 0 Å². The van der Waals surface area contributed by atoms with E-state index >= 15 is 0 Å². The maximum Gasteiger partial charge on any atom is 0.246 e. The molecule has 3 aromatic carbocycles. The van der Waals surface area contributed by atoms with Crippen molar-refractivity contribution in [2.45, 2.75) is 50.9 Å². The van der Waals surface area contributed by atoms with Crippen molar-refractivity contribution in [2.75, 3.05) is 26.2 Å². The monoisotopic (exact) mass is 548 g/mol. The van der Waals surface area contributed by atoms with E-state index in [9.17, 15) is 9.59 Å². The first-order valence-electron chi connectivity index (χ1n) is 14.8. The number of para-hydroxylation sites is 2. The van der Waals surface area contributed by atoms with Crippen LogP contribution in [-0.4, -0.2) is 69.8 Å². The normalized spacial score (nSPS) is 21.7. The quantitative estimate of drug-likeness (QED) is 0.372. The highest BCUT2D eigenvalue weighted by atomic mass is 16.5. The Morgan fingerprint density at radius 1 is 0.902 bits per heavy atom. The molecule has 0 radical (unpaired) electrons. The fourth-order valence-corrected chi connectivity index (χ4v) is 7.14. The maximum atomic E-state index is 14.3. The van der Waals surface area contributed by atoms with Crippen molar-refractivity contribution < 1.29 is 14.3 Å². The Morgan fingerprint density at radius 2 is 1.63 bits per heavy atom. The SMILES string of the molecule is CCOc1ccccc1[C@H]1c2[nH]c3ccccc3c2C[C@H]2C(=O)N(C3CCN(Cc4ccccc4)CC3)CC(=O)N12. The van der Waals surface area contributed by atoms with Crippen LogP contribution < -0.4 is 4.74 Å². The van der Waals surface area contributed by atoms with Gasteiger partial charge in [0.1, 0.15) is 24.4 Å². The molecule has 4 heterocycles. The minimum Gasteiger partial charge on any atom is -0.494 e. The highest BCUT2D eigenvalue weighted by Gasteiger charge is 2.50. The van der Waals surface area contributed by atoms with Crippen LogP contribution in [0.3, 0.4) is 0 Å². The van der Waals surface area contributed by atoms with Gasteiger partial charge in [-0.1, -0.05) is 66.7 Å². The van der Waals surface area contributed by atoms with Crippen LogP contribution in [0.25, 0.3) is 10.9 Å². The molecule has 2 atom stereocenters. The molecule has 3 aliphatic rings. The van der Waals surface area contributed by atoms with Gasteiger partial charge < -0.3 is 19.5 Å². The second kappa shape index (κ2) is 10.7. The van der Waals surface area contributed by atoms with E-state index in [1.165, 1.54) is 5.56 Å². The molecule has 7 heteroatoms. The Kier molecular flexibility index (Phi) is 6.75. The summed E-state index contributed by atoms with van der Waals surface area (Å²) in [6, 6.07) is 25.8. The summed E-state index contributed by atoms with van der Waals surface area (Å²) in [4.78, 5) is 38.2. The Labute approximate surface area is 240 Å². The molecule has 4 aromatic rings. The maximum absolute atomic E-state index is 14.3. The molecule has 0 unspecified atom stereocenters. The number of ether oxygens (including phenoxy) is 1. The number of H-pyrrole nitrogens is 1. The number of rotatable bonds is 6. The van der Waals surface area contributed by atoms with Crippen LogP contribution in [0.1, 0.15) is 48.2 Å². The number of carbonyl (C=O) groups excluding carboxylic acids is 2. The van der Waals surface area contributed by atoms with Crippen molar-refractivity contribution in [3.63, 3.8) is 0 Å². The summed E-state index contributed by atoms with van der Waals surface area (Å²) in [5.74, 6) is 0.821. The van der Waals surface area contributed by atoms with Crippen molar-refractivity contribution in [2.24, 2.45) is 0 Å². The zero-order valence-corrected chi connectivity index (χ0v) is 23.5. The molecule has 1 aromatic heterocycles. The molecule has 2 saturated heterocycles. The van der Waals surface area contributed by atoms with Gasteiger partial charge in [-0.15, -0.1) is 0 Å². The van der Waals surface area contributed by atoms with E-state index in [0.29, 0.717) is 13.0 Å². The summed E-state index contributed by atoms with van der Waals surface area (Å²) in [5.41, 5.74) is 5.35. The molecular weight excluding hydrogens is 512 g/mol. The van der Waals surface area contributed by atoms with E-state index in [-0.39, 0.29) is 24.4 Å². The van der Waals surface area contributed by atoms with Gasteiger partial charge >= 0.3 is 0 Å². The average Bonchev–Trinajstić information content (AvgIpc) is 3.38. The fourth-order valence-electron chi connectivity index (χ4n) is 7.14. The lowest BCUT2D eigenvalue weighted by Gasteiger charge is -2.49. The predicted octanol–water partition coefficient (Wildman–Crippen LogP) is 4.92. The minimum atomic E-state index is -0.537. The molecule has 1 N–H and O–H groups in total. The summed E-state index contributed by atoms with van der Waals surface area (Å²) in [6.45, 7) is 5.37. The summed E-state index contributed by atoms with van der Waals surface area (Å²) < 4.78 is 6.04. The van der Waals surface area contributed by atoms with Crippen LogP contribution >= 0.6 is 0 Å². The number of benzene rings is 3. The standard InChI is InChI=1S/C34H36N4O3/c1-2-41-30-15-9-7-13-26(30)33-32-27(25-12-6-8-14-28(25)35-32)20-29-34(40)37(22-31(39)38(29)33)24-16-18-36(19-17-24)21-23-10-4-3-5-11-23/h3-15,24,29,33,35H,2,16-22H2,1H3/t29-,33-/m0/s1. The first-order valence-corrected chi connectivity index (χ1v) is 14.8. The van der Waals surface area contributed by atoms with Crippen molar-refractivity contribution in [3.8, 4) is 5.75 Å². The fraction of sp³-hybridized carbons (Fsp3) is 0.353. The number of hydrogen-bond acceptors (Lipinski definition) is 4. The number of aromatic nitrogens is 1. The van der Waals surface area contributed by atoms with Gasteiger partial charge in [0.05, 0.1) is 6.61 Å². The van der Waals surface area contributed by atoms with Crippen molar-refractivity contribution in [3.05, 3.63) is 101 Å². The van der Waals surface area contributed by atoms with Crippen molar-refractivity contribution in [1.29, 1.82) is 0 Å². The molecule has 210 valence electrons. The average molecular weight is 549 g/mol. The van der Waals surface area contributed by atoms with E-state index in [1.807, 2.05) is 59.2 Å². The topological polar surface area (TPSA) is 68.9 Å². The lowest BCUT2D eigenvalue weighted by atomic mass is 9.85. The van der Waals surface area contributed by atoms with E-state index in [4.69, 9.17) is 4.74 Å². The smallest absolute Gasteiger partial charge is 0.246 e. The van der Waals surface area contributed by atoms with Gasteiger partial charge in [0.25, 0.3) is 0 Å². The third kappa shape index (κ3) is 4.58. The van der Waals surface area contributed by atoms with Crippen LogP contribution in [-0.2, 0) is 22.6 Å². The third-order valence-electron chi connectivity index (χ3n) is 9.05. The molecule has 2 fully saturated rings. The summed E-state index contributed by atoms with van der Waals surface area (Å²) in [5, 5.41) is 1.12. The van der Waals surface area contributed by atoms with Gasteiger partial charge in [0.15, 0.2) is 0 Å². The predicted molar refractivity (Wildman–Crippen MR) is 159 cm³/mol. The van der Waals surface area contributed by atoms with E-state index < -0.39 is 12.1 Å². The molecule has 2 amide bonds. The minimum absolute atomic E-state index is 0.00178. The molecule has 7 rings (SSSR count). The molecule has 0 aliphatic carbocycles. The first kappa shape index (κ1) is 25.8. The van der Waals surface area contributed by atoms with Gasteiger partial charge in [-0.25, -0.2) is 0 Å². The van der Waals surface area contributed by atoms with Gasteiger partial charge in [-0.3, -0.25) is 14.5 Å². The number of piperidine rings is 1. The molecule has 41 heavy (non-hydrogen) atoms. The highest BCUT2D eigenvalue weighted by molar-refractivity contribution is 5.98. The second-order valence-electron chi connectivity index (χ2n) is 11.4. The first-order chi connectivity index (χ1) is 20.1. The summed E-state index contributed by atoms with van der Waals surface area (Å²) in [6.07, 6.45) is 2.28. The molecule has 0 saturated carbocycles. The zero-order chi connectivity index (χ0) is 27.9. The van der Waals surface area contributed by atoms with E-state index in [2.05, 4.69) is 46.3 Å². The Morgan fingerprint density at radius 3 is 2.44 bits per heavy atom. The number of aromatic amines is 1. The Hall–Kier alpha value is -4.10. The Bertz CT molecular complexity index is 1570. The molecule has 0 bridgehead atoms. The third-order valence-corrected chi connectivity index (χ3v) is 9.05. The van der Waals surface area contributed by atoms with Crippen LogP contribution in [0.4, 0.5) is 0 Å². The number of fused-ring (bicyclic) bond motifs is 4. The van der Waals surface area contributed by atoms with Gasteiger partial charge in [0, 0.05) is 54.3 Å². The number of nitrogens with zero attached hydrogens (tertiary/aromatic N) is 3. The lowest BCUT2D eigenvalue weighted by molar-refractivity contribution is -0.161. The number of piperazine rings is 1. The Balaban J connectivity index is 1.20. The number of nitrogens with one attached hydrogen (secondary N) is 1. The van der Waals surface area contributed by atoms with E-state index in [1.54, 1.807) is 0 Å². The largest absolute Gasteiger partial charge is 0.494 e. The molecule has 3 aliphatic heterocycles. The number of amides is 2. The van der Waals surface area contributed by atoms with E-state index in [0.717, 1.165) is 65.9 Å². The summed E-state index contributed by atoms with van der Waals surface area (Å²) >= 11 is 0. The number of hydrogen-bond donors (Lipinski definition) is 1. The second-order valence-corrected chi connectivity index (χ2v) is 11.4. The van der Waals surface area contributed by atoms with Gasteiger partial charge in [0.2, 0.25) is 11.8 Å². The highest BCUT2D eigenvalue weighted by Crippen LogP contribution is 2.45. The molecular formula is C34H36N4O3. The molecule has 0 spiro atoms. The van der Waals surface area contributed by atoms with Crippen LogP contribution in [0.5, 0.6) is 5.75 Å².